The number of fused-ring (bicyclic) bond motifs is 1. The second-order valence-corrected chi connectivity index (χ2v) is 9.04. The Bertz CT molecular complexity index is 944. The van der Waals surface area contributed by atoms with E-state index in [1.807, 2.05) is 25.1 Å². The topological polar surface area (TPSA) is 51.7 Å². The Kier molecular flexibility index (Phi) is 6.66. The van der Waals surface area contributed by atoms with Crippen molar-refractivity contribution < 1.29 is 14.3 Å². The summed E-state index contributed by atoms with van der Waals surface area (Å²) in [5, 5.41) is 0.655. The summed E-state index contributed by atoms with van der Waals surface area (Å²) in [6.07, 6.45) is 3.70. The van der Waals surface area contributed by atoms with E-state index in [4.69, 9.17) is 26.1 Å². The molecule has 4 rings (SSSR count). The number of hydrogen-bond donors (Lipinski definition) is 0. The molecule has 2 heterocycles. The molecule has 1 aromatic heterocycles. The van der Waals surface area contributed by atoms with Crippen molar-refractivity contribution in [2.24, 2.45) is 5.92 Å². The molecule has 0 saturated carbocycles. The lowest BCUT2D eigenvalue weighted by atomic mass is 9.94. The number of rotatable bonds is 5. The van der Waals surface area contributed by atoms with Gasteiger partial charge >= 0.3 is 5.97 Å². The summed E-state index contributed by atoms with van der Waals surface area (Å²) in [5.74, 6) is 0.635. The van der Waals surface area contributed by atoms with Crippen LogP contribution in [0.5, 0.6) is 5.88 Å². The van der Waals surface area contributed by atoms with Crippen molar-refractivity contribution in [1.82, 2.24) is 9.88 Å². The Morgan fingerprint density at radius 1 is 1.30 bits per heavy atom. The zero-order valence-corrected chi connectivity index (χ0v) is 19.6. The van der Waals surface area contributed by atoms with Gasteiger partial charge in [-0.15, -0.1) is 0 Å². The fraction of sp³-hybridized carbons (Fsp3) is 0.478. The first-order valence-electron chi connectivity index (χ1n) is 10.5. The number of hydrogen-bond acceptors (Lipinski definition) is 5. The van der Waals surface area contributed by atoms with Gasteiger partial charge in [-0.1, -0.05) is 23.7 Å². The summed E-state index contributed by atoms with van der Waals surface area (Å²) in [7, 11) is 1.68. The van der Waals surface area contributed by atoms with Crippen molar-refractivity contribution in [3.63, 3.8) is 0 Å². The van der Waals surface area contributed by atoms with Gasteiger partial charge in [-0.25, -0.2) is 4.98 Å². The van der Waals surface area contributed by atoms with Gasteiger partial charge in [0.25, 0.3) is 0 Å². The van der Waals surface area contributed by atoms with Gasteiger partial charge in [0, 0.05) is 21.6 Å². The number of halogens is 2. The van der Waals surface area contributed by atoms with E-state index in [0.29, 0.717) is 17.5 Å². The molecule has 0 spiro atoms. The van der Waals surface area contributed by atoms with E-state index in [1.54, 1.807) is 7.11 Å². The Hall–Kier alpha value is -1.63. The van der Waals surface area contributed by atoms with Crippen LogP contribution < -0.4 is 4.74 Å². The van der Waals surface area contributed by atoms with Gasteiger partial charge in [-0.05, 0) is 79.3 Å². The molecule has 5 nitrogen and oxygen atoms in total. The van der Waals surface area contributed by atoms with E-state index in [1.165, 1.54) is 11.1 Å². The van der Waals surface area contributed by atoms with E-state index in [2.05, 4.69) is 26.9 Å². The third-order valence-corrected chi connectivity index (χ3v) is 7.44. The van der Waals surface area contributed by atoms with Crippen LogP contribution >= 0.6 is 27.5 Å². The number of pyridine rings is 1. The monoisotopic (exact) mass is 492 g/mol. The fourth-order valence-electron chi connectivity index (χ4n) is 4.65. The third-order valence-electron chi connectivity index (χ3n) is 6.14. The largest absolute Gasteiger partial charge is 0.481 e. The summed E-state index contributed by atoms with van der Waals surface area (Å²) in [6.45, 7) is 4.07. The number of benzene rings is 1. The lowest BCUT2D eigenvalue weighted by molar-refractivity contribution is -0.149. The van der Waals surface area contributed by atoms with Gasteiger partial charge in [0.2, 0.25) is 5.88 Å². The van der Waals surface area contributed by atoms with E-state index in [0.717, 1.165) is 54.5 Å². The number of carbonyl (C=O) groups is 1. The minimum atomic E-state index is -0.0567. The molecule has 7 heteroatoms. The van der Waals surface area contributed by atoms with Crippen molar-refractivity contribution in [2.75, 3.05) is 26.8 Å². The van der Waals surface area contributed by atoms with E-state index >= 15 is 0 Å². The number of aromatic nitrogens is 1. The van der Waals surface area contributed by atoms with Crippen LogP contribution in [-0.4, -0.2) is 42.7 Å². The van der Waals surface area contributed by atoms with Crippen LogP contribution in [0.1, 0.15) is 43.4 Å². The number of likely N-dealkylation sites (tertiary alicyclic amines) is 1. The first kappa shape index (κ1) is 21.6. The fourth-order valence-corrected chi connectivity index (χ4v) is 5.24. The first-order valence-corrected chi connectivity index (χ1v) is 11.6. The Labute approximate surface area is 190 Å². The minimum Gasteiger partial charge on any atom is -0.481 e. The van der Waals surface area contributed by atoms with E-state index in [-0.39, 0.29) is 17.9 Å². The molecule has 2 aromatic rings. The number of esters is 1. The predicted octanol–water partition coefficient (Wildman–Crippen LogP) is 5.44. The van der Waals surface area contributed by atoms with Gasteiger partial charge in [-0.2, -0.15) is 0 Å². The number of aryl methyl sites for hydroxylation is 1. The summed E-state index contributed by atoms with van der Waals surface area (Å²) in [6, 6.07) is 8.29. The van der Waals surface area contributed by atoms with Crippen molar-refractivity contribution in [1.29, 1.82) is 0 Å². The predicted molar refractivity (Wildman–Crippen MR) is 121 cm³/mol. The van der Waals surface area contributed by atoms with Crippen molar-refractivity contribution in [2.45, 2.75) is 38.6 Å². The number of nitrogens with zero attached hydrogens (tertiary/aromatic N) is 2. The Morgan fingerprint density at radius 3 is 2.77 bits per heavy atom. The Balaban J connectivity index is 1.58. The van der Waals surface area contributed by atoms with Crippen LogP contribution in [0.15, 0.2) is 28.7 Å². The number of methoxy groups -OCH3 is 1. The third kappa shape index (κ3) is 4.10. The van der Waals surface area contributed by atoms with Crippen LogP contribution in [-0.2, 0) is 16.0 Å². The summed E-state index contributed by atoms with van der Waals surface area (Å²) in [5.41, 5.74) is 4.18. The number of ether oxygens (including phenoxy) is 2. The smallest absolute Gasteiger partial charge is 0.309 e. The van der Waals surface area contributed by atoms with Crippen LogP contribution in [0.2, 0.25) is 5.02 Å². The highest BCUT2D eigenvalue weighted by Crippen LogP contribution is 2.44. The van der Waals surface area contributed by atoms with Gasteiger partial charge in [0.15, 0.2) is 0 Å². The van der Waals surface area contributed by atoms with Crippen LogP contribution in [0.3, 0.4) is 0 Å². The molecule has 0 N–H and O–H groups in total. The molecule has 1 fully saturated rings. The van der Waals surface area contributed by atoms with Crippen LogP contribution in [0, 0.1) is 5.92 Å². The summed E-state index contributed by atoms with van der Waals surface area (Å²) >= 11 is 10.0. The standard InChI is InChI=1S/C23H26BrClN2O3/c1-3-30-23(28)14-9-11-27(12-10-14)19-8-7-15-13-18(26-22(29-2)20(15)19)16-5-4-6-17(24)21(16)25/h4-6,13-14,19H,3,7-12H2,1-2H3/t19-/m0/s1. The van der Waals surface area contributed by atoms with Gasteiger partial charge in [0.1, 0.15) is 0 Å². The van der Waals surface area contributed by atoms with Gasteiger partial charge in [0.05, 0.1) is 30.4 Å². The highest BCUT2D eigenvalue weighted by molar-refractivity contribution is 9.10. The molecule has 1 atom stereocenters. The highest BCUT2D eigenvalue weighted by atomic mass is 79.9. The molecule has 0 unspecified atom stereocenters. The van der Waals surface area contributed by atoms with Crippen molar-refractivity contribution >= 4 is 33.5 Å². The molecular weight excluding hydrogens is 468 g/mol. The van der Waals surface area contributed by atoms with Crippen molar-refractivity contribution in [3.8, 4) is 17.1 Å². The molecule has 0 amide bonds. The lowest BCUT2D eigenvalue weighted by Crippen LogP contribution is -2.38. The zero-order chi connectivity index (χ0) is 21.3. The highest BCUT2D eigenvalue weighted by Gasteiger charge is 2.36. The molecule has 1 aromatic carbocycles. The van der Waals surface area contributed by atoms with Gasteiger partial charge < -0.3 is 9.47 Å². The average Bonchev–Trinajstić information content (AvgIpc) is 3.19. The molecule has 2 aliphatic rings. The molecule has 1 aliphatic carbocycles. The molecule has 30 heavy (non-hydrogen) atoms. The first-order chi connectivity index (χ1) is 14.5. The molecule has 0 radical (unpaired) electrons. The quantitative estimate of drug-likeness (QED) is 0.520. The maximum atomic E-state index is 12.1. The summed E-state index contributed by atoms with van der Waals surface area (Å²) in [4.78, 5) is 19.4. The van der Waals surface area contributed by atoms with Crippen molar-refractivity contribution in [3.05, 3.63) is 44.9 Å². The van der Waals surface area contributed by atoms with E-state index < -0.39 is 0 Å². The zero-order valence-electron chi connectivity index (χ0n) is 17.3. The van der Waals surface area contributed by atoms with E-state index in [9.17, 15) is 4.79 Å². The normalized spacial score (nSPS) is 19.5. The second kappa shape index (κ2) is 9.25. The molecule has 1 aliphatic heterocycles. The number of piperidine rings is 1. The lowest BCUT2D eigenvalue weighted by Gasteiger charge is -2.35. The molecule has 0 bridgehead atoms. The number of carbonyl (C=O) groups excluding carboxylic acids is 1. The summed E-state index contributed by atoms with van der Waals surface area (Å²) < 4.78 is 11.8. The van der Waals surface area contributed by atoms with Crippen LogP contribution in [0.4, 0.5) is 0 Å². The maximum Gasteiger partial charge on any atom is 0.309 e. The van der Waals surface area contributed by atoms with Crippen LogP contribution in [0.25, 0.3) is 11.3 Å². The van der Waals surface area contributed by atoms with Gasteiger partial charge in [-0.3, -0.25) is 9.69 Å². The minimum absolute atomic E-state index is 0.0168. The Morgan fingerprint density at radius 2 is 2.07 bits per heavy atom. The second-order valence-electron chi connectivity index (χ2n) is 7.81. The molecule has 160 valence electrons. The average molecular weight is 494 g/mol. The maximum absolute atomic E-state index is 12.1. The molecular formula is C23H26BrClN2O3. The SMILES string of the molecule is CCOC(=O)C1CCN([C@H]2CCc3cc(-c4cccc(Br)c4Cl)nc(OC)c32)CC1. The molecule has 1 saturated heterocycles.